The van der Waals surface area contributed by atoms with E-state index in [9.17, 15) is 9.59 Å². The quantitative estimate of drug-likeness (QED) is 0.427. The minimum absolute atomic E-state index is 0.329. The molecular formula is C20H28O4. The Bertz CT molecular complexity index is 428. The smallest absolute Gasteiger partial charge is 0.307 e. The highest BCUT2D eigenvalue weighted by molar-refractivity contribution is 5.66. The van der Waals surface area contributed by atoms with E-state index in [1.54, 1.807) is 0 Å². The van der Waals surface area contributed by atoms with Crippen molar-refractivity contribution in [3.63, 3.8) is 0 Å². The van der Waals surface area contributed by atoms with Crippen LogP contribution in [0.1, 0.15) is 19.4 Å². The third-order valence-corrected chi connectivity index (χ3v) is 1.53. The van der Waals surface area contributed by atoms with Crippen LogP contribution in [-0.2, 0) is 19.1 Å². The van der Waals surface area contributed by atoms with Gasteiger partial charge in [-0.2, -0.15) is 0 Å². The first kappa shape index (κ1) is 28.9. The summed E-state index contributed by atoms with van der Waals surface area (Å²) in [5.74, 6) is -0.657. The molecule has 4 heteroatoms. The van der Waals surface area contributed by atoms with Crippen LogP contribution in [-0.4, -0.2) is 11.9 Å². The summed E-state index contributed by atoms with van der Waals surface area (Å²) in [5.41, 5.74) is 1.17. The molecule has 0 amide bonds. The summed E-state index contributed by atoms with van der Waals surface area (Å²) in [5, 5.41) is 0. The molecule has 0 aromatic heterocycles. The lowest BCUT2D eigenvalue weighted by molar-refractivity contribution is -0.136. The van der Waals surface area contributed by atoms with E-state index in [1.807, 2.05) is 36.4 Å². The lowest BCUT2D eigenvalue weighted by Gasteiger charge is -1.85. The van der Waals surface area contributed by atoms with Crippen LogP contribution in [0, 0.1) is 0 Å². The normalized spacial score (nSPS) is 6.58. The van der Waals surface area contributed by atoms with Gasteiger partial charge in [-0.1, -0.05) is 56.1 Å². The Hall–Kier alpha value is -3.14. The zero-order valence-corrected chi connectivity index (χ0v) is 14.7. The van der Waals surface area contributed by atoms with Crippen LogP contribution in [0.25, 0.3) is 6.08 Å². The number of rotatable bonds is 3. The summed E-state index contributed by atoms with van der Waals surface area (Å²) in [7, 11) is 0. The Morgan fingerprint density at radius 3 is 1.25 bits per heavy atom. The minimum atomic E-state index is -0.329. The molecule has 0 heterocycles. The van der Waals surface area contributed by atoms with E-state index < -0.39 is 0 Å². The summed E-state index contributed by atoms with van der Waals surface area (Å²) in [6.45, 7) is 24.6. The lowest BCUT2D eigenvalue weighted by atomic mass is 10.2. The van der Waals surface area contributed by atoms with Gasteiger partial charge in [0, 0.05) is 13.8 Å². The van der Waals surface area contributed by atoms with Crippen LogP contribution < -0.4 is 0 Å². The molecule has 132 valence electrons. The van der Waals surface area contributed by atoms with Crippen molar-refractivity contribution in [2.24, 2.45) is 0 Å². The van der Waals surface area contributed by atoms with E-state index in [2.05, 4.69) is 55.5 Å². The second-order valence-corrected chi connectivity index (χ2v) is 3.17. The zero-order valence-electron chi connectivity index (χ0n) is 14.7. The molecule has 24 heavy (non-hydrogen) atoms. The van der Waals surface area contributed by atoms with Crippen molar-refractivity contribution < 1.29 is 19.1 Å². The molecule has 0 N–H and O–H groups in total. The molecule has 1 aromatic carbocycles. The maximum absolute atomic E-state index is 9.75. The molecule has 0 aliphatic heterocycles. The van der Waals surface area contributed by atoms with Crippen LogP contribution in [0.2, 0.25) is 0 Å². The number of carbonyl (C=O) groups excluding carboxylic acids is 2. The first-order valence-electron chi connectivity index (χ1n) is 6.71. The van der Waals surface area contributed by atoms with Crippen LogP contribution >= 0.6 is 0 Å². The molecule has 0 saturated carbocycles. The highest BCUT2D eigenvalue weighted by atomic mass is 16.5. The Morgan fingerprint density at radius 1 is 0.792 bits per heavy atom. The van der Waals surface area contributed by atoms with Gasteiger partial charge < -0.3 is 9.47 Å². The molecule has 0 aliphatic rings. The first-order valence-corrected chi connectivity index (χ1v) is 6.71. The molecule has 4 nitrogen and oxygen atoms in total. The van der Waals surface area contributed by atoms with Crippen molar-refractivity contribution >= 4 is 18.0 Å². The van der Waals surface area contributed by atoms with Crippen LogP contribution in [0.15, 0.2) is 88.9 Å². The van der Waals surface area contributed by atoms with E-state index in [0.717, 1.165) is 12.5 Å². The molecule has 0 saturated heterocycles. The van der Waals surface area contributed by atoms with Crippen LogP contribution in [0.4, 0.5) is 0 Å². The SMILES string of the molecule is C=C.C=C.C=COC(C)=O.C=COC(C)=O.C=Cc1ccccc1. The fourth-order valence-corrected chi connectivity index (χ4v) is 0.824. The van der Waals surface area contributed by atoms with Gasteiger partial charge in [-0.3, -0.25) is 9.59 Å². The molecule has 0 bridgehead atoms. The van der Waals surface area contributed by atoms with E-state index in [1.165, 1.54) is 19.4 Å². The standard InChI is InChI=1S/C8H8.2C4H6O2.2C2H4/c1-2-8-6-4-3-5-7-8;2*1-3-6-4(2)5;2*1-2/h2-7H,1H2;2*3H,1H2,2H3;2*1-2H2. The maximum Gasteiger partial charge on any atom is 0.307 e. The predicted molar refractivity (Wildman–Crippen MR) is 103 cm³/mol. The van der Waals surface area contributed by atoms with Gasteiger partial charge in [0.05, 0.1) is 12.5 Å². The Morgan fingerprint density at radius 2 is 1.12 bits per heavy atom. The average Bonchev–Trinajstić information content (AvgIpc) is 2.60. The van der Waals surface area contributed by atoms with Gasteiger partial charge >= 0.3 is 11.9 Å². The third-order valence-electron chi connectivity index (χ3n) is 1.53. The molecule has 0 unspecified atom stereocenters. The summed E-state index contributed by atoms with van der Waals surface area (Å²) in [4.78, 5) is 19.5. The second-order valence-electron chi connectivity index (χ2n) is 3.17. The van der Waals surface area contributed by atoms with E-state index >= 15 is 0 Å². The van der Waals surface area contributed by atoms with Crippen molar-refractivity contribution in [2.75, 3.05) is 0 Å². The van der Waals surface area contributed by atoms with E-state index in [4.69, 9.17) is 0 Å². The van der Waals surface area contributed by atoms with Gasteiger partial charge in [-0.05, 0) is 5.56 Å². The van der Waals surface area contributed by atoms with Gasteiger partial charge in [-0.15, -0.1) is 26.3 Å². The molecule has 0 atom stereocenters. The monoisotopic (exact) mass is 332 g/mol. The summed E-state index contributed by atoms with van der Waals surface area (Å²) in [6.07, 6.45) is 4.03. The van der Waals surface area contributed by atoms with Gasteiger partial charge in [0.2, 0.25) is 0 Å². The van der Waals surface area contributed by atoms with Crippen molar-refractivity contribution in [2.45, 2.75) is 13.8 Å². The van der Waals surface area contributed by atoms with Crippen molar-refractivity contribution in [3.05, 3.63) is 94.5 Å². The number of hydrogen-bond donors (Lipinski definition) is 0. The van der Waals surface area contributed by atoms with E-state index in [-0.39, 0.29) is 11.9 Å². The van der Waals surface area contributed by atoms with Gasteiger partial charge in [0.25, 0.3) is 0 Å². The fraction of sp³-hybridized carbons (Fsp3) is 0.100. The Kier molecular flexibility index (Phi) is 33.9. The van der Waals surface area contributed by atoms with Crippen LogP contribution in [0.3, 0.4) is 0 Å². The Balaban J connectivity index is -0.000000115. The van der Waals surface area contributed by atoms with E-state index in [0.29, 0.717) is 0 Å². The molecule has 0 spiro atoms. The zero-order chi connectivity index (χ0) is 19.8. The third kappa shape index (κ3) is 36.4. The van der Waals surface area contributed by atoms with Crippen molar-refractivity contribution in [1.82, 2.24) is 0 Å². The summed E-state index contributed by atoms with van der Waals surface area (Å²) < 4.78 is 8.33. The maximum atomic E-state index is 9.75. The number of hydrogen-bond acceptors (Lipinski definition) is 4. The summed E-state index contributed by atoms with van der Waals surface area (Å²) >= 11 is 0. The molecule has 0 aliphatic carbocycles. The average molecular weight is 332 g/mol. The lowest BCUT2D eigenvalue weighted by Crippen LogP contribution is -1.87. The van der Waals surface area contributed by atoms with Gasteiger partial charge in [-0.25, -0.2) is 0 Å². The molecule has 1 rings (SSSR count). The minimum Gasteiger partial charge on any atom is -0.435 e. The van der Waals surface area contributed by atoms with Crippen LogP contribution in [0.5, 0.6) is 0 Å². The topological polar surface area (TPSA) is 52.6 Å². The highest BCUT2D eigenvalue weighted by Crippen LogP contribution is 1.97. The summed E-state index contributed by atoms with van der Waals surface area (Å²) in [6, 6.07) is 10.0. The largest absolute Gasteiger partial charge is 0.435 e. The fourth-order valence-electron chi connectivity index (χ4n) is 0.824. The predicted octanol–water partition coefficient (Wildman–Crippen LogP) is 5.32. The molecule has 1 aromatic rings. The molecule has 0 fully saturated rings. The number of carbonyl (C=O) groups is 2. The number of esters is 2. The number of benzene rings is 1. The highest BCUT2D eigenvalue weighted by Gasteiger charge is 1.79. The first-order chi connectivity index (χ1) is 11.5. The van der Waals surface area contributed by atoms with Crippen molar-refractivity contribution in [1.29, 1.82) is 0 Å². The Labute approximate surface area is 146 Å². The number of ether oxygens (including phenoxy) is 2. The second kappa shape index (κ2) is 28.1. The molecule has 0 radical (unpaired) electrons. The van der Waals surface area contributed by atoms with Gasteiger partial charge in [0.15, 0.2) is 0 Å². The van der Waals surface area contributed by atoms with Crippen molar-refractivity contribution in [3.8, 4) is 0 Å². The van der Waals surface area contributed by atoms with Gasteiger partial charge in [0.1, 0.15) is 0 Å². The molecular weight excluding hydrogens is 304 g/mol.